The minimum absolute atomic E-state index is 0.0215. The zero-order chi connectivity index (χ0) is 22.1. The molecule has 10 heteroatoms. The van der Waals surface area contributed by atoms with E-state index in [4.69, 9.17) is 18.0 Å². The number of H-pyrrole nitrogens is 1. The molecule has 8 nitrogen and oxygen atoms in total. The largest absolute Gasteiger partial charge is 0.383 e. The van der Waals surface area contributed by atoms with Gasteiger partial charge in [-0.1, -0.05) is 51.2 Å². The van der Waals surface area contributed by atoms with E-state index in [0.29, 0.717) is 23.8 Å². The minimum Gasteiger partial charge on any atom is -0.383 e. The second-order valence-electron chi connectivity index (χ2n) is 7.12. The molecule has 1 aromatic heterocycles. The van der Waals surface area contributed by atoms with Crippen LogP contribution in [-0.2, 0) is 11.3 Å². The topological polar surface area (TPSA) is 104 Å². The smallest absolute Gasteiger partial charge is 0.330 e. The summed E-state index contributed by atoms with van der Waals surface area (Å²) in [5, 5.41) is 0. The number of rotatable bonds is 10. The maximum Gasteiger partial charge on any atom is 0.330 e. The van der Waals surface area contributed by atoms with E-state index in [2.05, 4.69) is 4.98 Å². The van der Waals surface area contributed by atoms with Crippen molar-refractivity contribution >= 4 is 45.7 Å². The van der Waals surface area contributed by atoms with Gasteiger partial charge < -0.3 is 15.5 Å². The average molecular weight is 444 g/mol. The molecule has 1 heterocycles. The van der Waals surface area contributed by atoms with E-state index in [0.717, 1.165) is 19.5 Å². The van der Waals surface area contributed by atoms with Crippen LogP contribution in [0.5, 0.6) is 0 Å². The van der Waals surface area contributed by atoms with Crippen LogP contribution in [0, 0.1) is 5.92 Å². The lowest BCUT2D eigenvalue weighted by Crippen LogP contribution is -2.43. The zero-order valence-corrected chi connectivity index (χ0v) is 19.6. The van der Waals surface area contributed by atoms with E-state index in [1.54, 1.807) is 0 Å². The molecule has 0 aliphatic rings. The monoisotopic (exact) mass is 443 g/mol. The molecule has 0 spiro atoms. The van der Waals surface area contributed by atoms with E-state index >= 15 is 0 Å². The standard InChI is InChI=1S/C19H33N5O3S2/c1-6-9-10-23(14(25)12-29-19(28)22(7-2)8-3)15-16(20)24(11-13(4)5)18(27)21-17(15)26/h13H,6-12,20H2,1-5H3,(H,21,26,27). The van der Waals surface area contributed by atoms with Crippen molar-refractivity contribution in [2.45, 2.75) is 54.0 Å². The Morgan fingerprint density at radius 3 is 2.38 bits per heavy atom. The van der Waals surface area contributed by atoms with Gasteiger partial charge in [0.25, 0.3) is 5.56 Å². The summed E-state index contributed by atoms with van der Waals surface area (Å²) in [5.41, 5.74) is 5.03. The third-order valence-corrected chi connectivity index (χ3v) is 5.92. The van der Waals surface area contributed by atoms with E-state index in [-0.39, 0.29) is 29.1 Å². The first kappa shape index (κ1) is 25.2. The summed E-state index contributed by atoms with van der Waals surface area (Å²) in [4.78, 5) is 43.5. The van der Waals surface area contributed by atoms with Crippen LogP contribution in [0.3, 0.4) is 0 Å². The SMILES string of the molecule is CCCCN(C(=O)CSC(=S)N(CC)CC)c1c(N)n(CC(C)C)c(=O)[nH]c1=O. The number of anilines is 2. The molecule has 3 N–H and O–H groups in total. The third-order valence-electron chi connectivity index (χ3n) is 4.41. The molecular weight excluding hydrogens is 410 g/mol. The molecule has 0 aliphatic heterocycles. The Kier molecular flexibility index (Phi) is 10.5. The molecule has 0 aliphatic carbocycles. The molecule has 0 bridgehead atoms. The highest BCUT2D eigenvalue weighted by molar-refractivity contribution is 8.23. The van der Waals surface area contributed by atoms with Crippen molar-refractivity contribution in [2.75, 3.05) is 36.0 Å². The van der Waals surface area contributed by atoms with Crippen molar-refractivity contribution in [1.29, 1.82) is 0 Å². The number of nitrogen functional groups attached to an aromatic ring is 1. The fourth-order valence-electron chi connectivity index (χ4n) is 2.84. The second-order valence-corrected chi connectivity index (χ2v) is 8.73. The van der Waals surface area contributed by atoms with Crippen LogP contribution in [-0.4, -0.2) is 50.1 Å². The molecule has 29 heavy (non-hydrogen) atoms. The van der Waals surface area contributed by atoms with Crippen molar-refractivity contribution in [1.82, 2.24) is 14.5 Å². The molecule has 0 saturated carbocycles. The summed E-state index contributed by atoms with van der Waals surface area (Å²) in [7, 11) is 0. The van der Waals surface area contributed by atoms with Crippen LogP contribution in [0.25, 0.3) is 0 Å². The van der Waals surface area contributed by atoms with Crippen LogP contribution < -0.4 is 21.9 Å². The number of carbonyl (C=O) groups is 1. The molecule has 0 atom stereocenters. The molecule has 1 aromatic rings. The van der Waals surface area contributed by atoms with Gasteiger partial charge in [-0.25, -0.2) is 4.79 Å². The van der Waals surface area contributed by atoms with E-state index in [1.165, 1.54) is 21.2 Å². The van der Waals surface area contributed by atoms with Gasteiger partial charge in [-0.05, 0) is 26.2 Å². The highest BCUT2D eigenvalue weighted by Crippen LogP contribution is 2.20. The molecule has 0 radical (unpaired) electrons. The first-order valence-corrected chi connectivity index (χ1v) is 11.4. The highest BCUT2D eigenvalue weighted by Gasteiger charge is 2.24. The van der Waals surface area contributed by atoms with Gasteiger partial charge in [-0.3, -0.25) is 19.1 Å². The number of thioether (sulfide) groups is 1. The van der Waals surface area contributed by atoms with Gasteiger partial charge in [-0.2, -0.15) is 0 Å². The molecule has 0 unspecified atom stereocenters. The quantitative estimate of drug-likeness (QED) is 0.535. The van der Waals surface area contributed by atoms with Gasteiger partial charge in [0.2, 0.25) is 5.91 Å². The van der Waals surface area contributed by atoms with Crippen LogP contribution in [0.15, 0.2) is 9.59 Å². The lowest BCUT2D eigenvalue weighted by Gasteiger charge is -2.26. The Balaban J connectivity index is 3.24. The van der Waals surface area contributed by atoms with E-state index in [1.807, 2.05) is 39.5 Å². The predicted molar refractivity (Wildman–Crippen MR) is 126 cm³/mol. The number of aromatic nitrogens is 2. The fourth-order valence-corrected chi connectivity index (χ4v) is 4.12. The zero-order valence-electron chi connectivity index (χ0n) is 18.0. The summed E-state index contributed by atoms with van der Waals surface area (Å²) >= 11 is 6.67. The summed E-state index contributed by atoms with van der Waals surface area (Å²) in [6.45, 7) is 12.1. The normalized spacial score (nSPS) is 11.0. The van der Waals surface area contributed by atoms with Gasteiger partial charge in [0, 0.05) is 26.2 Å². The van der Waals surface area contributed by atoms with E-state index < -0.39 is 11.2 Å². The Bertz CT molecular complexity index is 815. The maximum absolute atomic E-state index is 13.0. The summed E-state index contributed by atoms with van der Waals surface area (Å²) < 4.78 is 1.96. The Hall–Kier alpha value is -1.81. The maximum atomic E-state index is 13.0. The Morgan fingerprint density at radius 2 is 1.86 bits per heavy atom. The number of nitrogens with two attached hydrogens (primary N) is 1. The Labute approximate surface area is 181 Å². The Morgan fingerprint density at radius 1 is 1.24 bits per heavy atom. The van der Waals surface area contributed by atoms with Gasteiger partial charge in [-0.15, -0.1) is 0 Å². The number of nitrogens with zero attached hydrogens (tertiary/aromatic N) is 3. The molecule has 0 saturated heterocycles. The molecule has 0 fully saturated rings. The molecular formula is C19H33N5O3S2. The number of unbranched alkanes of at least 4 members (excludes halogenated alkanes) is 1. The third kappa shape index (κ3) is 6.88. The first-order chi connectivity index (χ1) is 13.7. The van der Waals surface area contributed by atoms with Crippen LogP contribution in [0.1, 0.15) is 47.5 Å². The first-order valence-electron chi connectivity index (χ1n) is 10.0. The molecule has 0 aromatic carbocycles. The van der Waals surface area contributed by atoms with Crippen molar-refractivity contribution in [3.8, 4) is 0 Å². The van der Waals surface area contributed by atoms with Gasteiger partial charge >= 0.3 is 5.69 Å². The van der Waals surface area contributed by atoms with Crippen LogP contribution >= 0.6 is 24.0 Å². The number of hydrogen-bond donors (Lipinski definition) is 2. The summed E-state index contributed by atoms with van der Waals surface area (Å²) in [5.74, 6) is 0.00925. The number of thiocarbonyl (C=S) groups is 1. The lowest BCUT2D eigenvalue weighted by atomic mass is 10.2. The van der Waals surface area contributed by atoms with E-state index in [9.17, 15) is 14.4 Å². The number of hydrogen-bond acceptors (Lipinski definition) is 6. The van der Waals surface area contributed by atoms with Gasteiger partial charge in [0.05, 0.1) is 5.75 Å². The second kappa shape index (κ2) is 12.0. The van der Waals surface area contributed by atoms with Crippen molar-refractivity contribution in [3.63, 3.8) is 0 Å². The fraction of sp³-hybridized carbons (Fsp3) is 0.684. The lowest BCUT2D eigenvalue weighted by molar-refractivity contribution is -0.116. The number of carbonyl (C=O) groups excluding carboxylic acids is 1. The van der Waals surface area contributed by atoms with Gasteiger partial charge in [0.1, 0.15) is 10.1 Å². The summed E-state index contributed by atoms with van der Waals surface area (Å²) in [6.07, 6.45) is 1.55. The summed E-state index contributed by atoms with van der Waals surface area (Å²) in [6, 6.07) is 0. The highest BCUT2D eigenvalue weighted by atomic mass is 32.2. The number of nitrogens with one attached hydrogen (secondary N) is 1. The number of amides is 1. The minimum atomic E-state index is -0.645. The predicted octanol–water partition coefficient (Wildman–Crippen LogP) is 2.27. The molecule has 1 amide bonds. The number of aromatic amines is 1. The molecule has 1 rings (SSSR count). The van der Waals surface area contributed by atoms with Crippen molar-refractivity contribution < 1.29 is 4.79 Å². The molecule has 164 valence electrons. The average Bonchev–Trinajstić information content (AvgIpc) is 2.66. The van der Waals surface area contributed by atoms with Crippen LogP contribution in [0.2, 0.25) is 0 Å². The van der Waals surface area contributed by atoms with Crippen molar-refractivity contribution in [2.24, 2.45) is 5.92 Å². The van der Waals surface area contributed by atoms with Crippen LogP contribution in [0.4, 0.5) is 11.5 Å². The van der Waals surface area contributed by atoms with Gasteiger partial charge in [0.15, 0.2) is 5.69 Å². The van der Waals surface area contributed by atoms with Crippen molar-refractivity contribution in [3.05, 3.63) is 20.8 Å².